The summed E-state index contributed by atoms with van der Waals surface area (Å²) in [5, 5.41) is 4.80. The Bertz CT molecular complexity index is 815. The summed E-state index contributed by atoms with van der Waals surface area (Å²) in [5.74, 6) is 0.929. The molecule has 0 atom stereocenters. The third kappa shape index (κ3) is 3.32. The lowest BCUT2D eigenvalue weighted by atomic mass is 10.1. The molecule has 3 aromatic rings. The van der Waals surface area contributed by atoms with E-state index in [4.69, 9.17) is 11.6 Å². The molecule has 1 aromatic carbocycles. The Morgan fingerprint density at radius 2 is 2.05 bits per heavy atom. The average molecular weight is 349 g/mol. The number of halogens is 1. The summed E-state index contributed by atoms with van der Waals surface area (Å²) in [7, 11) is 0. The number of thiophene rings is 1. The Morgan fingerprint density at radius 3 is 2.77 bits per heavy atom. The van der Waals surface area contributed by atoms with Gasteiger partial charge in [0.25, 0.3) is 0 Å². The molecule has 3 rings (SSSR count). The standard InChI is InChI=1S/C16H13ClN2OS2/c1-10(20)6-7-21-15-14-13(8-22-16(14)19-9-18-15)11-2-4-12(17)5-3-11/h2-5,8-9H,6-7H2,1H3. The van der Waals surface area contributed by atoms with Crippen molar-refractivity contribution >= 4 is 50.7 Å². The molecule has 0 aliphatic rings. The molecule has 0 aliphatic carbocycles. The van der Waals surface area contributed by atoms with Crippen molar-refractivity contribution in [1.82, 2.24) is 9.97 Å². The molecular formula is C16H13ClN2OS2. The predicted molar refractivity (Wildman–Crippen MR) is 93.9 cm³/mol. The number of fused-ring (bicyclic) bond motifs is 1. The number of hydrogen-bond acceptors (Lipinski definition) is 5. The first kappa shape index (κ1) is 15.5. The maximum atomic E-state index is 11.1. The van der Waals surface area contributed by atoms with Crippen LogP contribution in [-0.4, -0.2) is 21.5 Å². The Balaban J connectivity index is 2.00. The van der Waals surface area contributed by atoms with Crippen molar-refractivity contribution in [3.63, 3.8) is 0 Å². The number of ketones is 1. The van der Waals surface area contributed by atoms with Gasteiger partial charge < -0.3 is 0 Å². The minimum Gasteiger partial charge on any atom is -0.300 e. The van der Waals surface area contributed by atoms with Crippen LogP contribution in [0.1, 0.15) is 13.3 Å². The zero-order valence-electron chi connectivity index (χ0n) is 11.9. The quantitative estimate of drug-likeness (QED) is 0.476. The van der Waals surface area contributed by atoms with E-state index in [0.717, 1.165) is 37.1 Å². The molecule has 3 nitrogen and oxygen atoms in total. The van der Waals surface area contributed by atoms with E-state index in [1.165, 1.54) is 0 Å². The van der Waals surface area contributed by atoms with Gasteiger partial charge in [0.05, 0.1) is 5.39 Å². The molecule has 0 aliphatic heterocycles. The topological polar surface area (TPSA) is 42.9 Å². The van der Waals surface area contributed by atoms with Gasteiger partial charge in [-0.15, -0.1) is 23.1 Å². The minimum absolute atomic E-state index is 0.195. The van der Waals surface area contributed by atoms with Crippen LogP contribution in [0, 0.1) is 0 Å². The van der Waals surface area contributed by atoms with Crippen molar-refractivity contribution in [2.75, 3.05) is 5.75 Å². The smallest absolute Gasteiger partial charge is 0.130 e. The predicted octanol–water partition coefficient (Wildman–Crippen LogP) is 5.08. The molecule has 0 unspecified atom stereocenters. The zero-order chi connectivity index (χ0) is 15.5. The van der Waals surface area contributed by atoms with Crippen LogP contribution in [0.4, 0.5) is 0 Å². The maximum absolute atomic E-state index is 11.1. The van der Waals surface area contributed by atoms with E-state index in [9.17, 15) is 4.79 Å². The lowest BCUT2D eigenvalue weighted by Crippen LogP contribution is -1.93. The van der Waals surface area contributed by atoms with Crippen LogP contribution < -0.4 is 0 Å². The van der Waals surface area contributed by atoms with Gasteiger partial charge >= 0.3 is 0 Å². The number of thioether (sulfide) groups is 1. The first-order valence-corrected chi connectivity index (χ1v) is 9.00. The second-order valence-corrected chi connectivity index (χ2v) is 7.19. The molecule has 112 valence electrons. The highest BCUT2D eigenvalue weighted by molar-refractivity contribution is 7.99. The van der Waals surface area contributed by atoms with Crippen LogP contribution in [0.3, 0.4) is 0 Å². The first-order chi connectivity index (χ1) is 10.6. The fourth-order valence-corrected chi connectivity index (χ4v) is 4.25. The molecule has 0 N–H and O–H groups in total. The fraction of sp³-hybridized carbons (Fsp3) is 0.188. The summed E-state index contributed by atoms with van der Waals surface area (Å²) in [6, 6.07) is 7.77. The van der Waals surface area contributed by atoms with Gasteiger partial charge in [-0.3, -0.25) is 4.79 Å². The highest BCUT2D eigenvalue weighted by Gasteiger charge is 2.13. The number of carbonyl (C=O) groups excluding carboxylic acids is 1. The Kier molecular flexibility index (Phi) is 4.76. The van der Waals surface area contributed by atoms with Crippen LogP contribution in [-0.2, 0) is 4.79 Å². The summed E-state index contributed by atoms with van der Waals surface area (Å²) in [6.45, 7) is 1.61. The van der Waals surface area contributed by atoms with Crippen LogP contribution in [0.2, 0.25) is 5.02 Å². The second-order valence-electron chi connectivity index (χ2n) is 4.82. The molecular weight excluding hydrogens is 336 g/mol. The molecule has 22 heavy (non-hydrogen) atoms. The van der Waals surface area contributed by atoms with E-state index >= 15 is 0 Å². The van der Waals surface area contributed by atoms with E-state index in [-0.39, 0.29) is 5.78 Å². The summed E-state index contributed by atoms with van der Waals surface area (Å²) in [4.78, 5) is 20.8. The second kappa shape index (κ2) is 6.77. The number of benzene rings is 1. The number of Topliss-reactive ketones (excluding diaryl/α,β-unsaturated/α-hetero) is 1. The van der Waals surface area contributed by atoms with Crippen LogP contribution in [0.25, 0.3) is 21.3 Å². The molecule has 0 bridgehead atoms. The Hall–Kier alpha value is -1.43. The molecule has 2 heterocycles. The van der Waals surface area contributed by atoms with Crippen molar-refractivity contribution in [2.45, 2.75) is 18.4 Å². The zero-order valence-corrected chi connectivity index (χ0v) is 14.3. The normalized spacial score (nSPS) is 11.0. The van der Waals surface area contributed by atoms with Crippen LogP contribution >= 0.6 is 34.7 Å². The fourth-order valence-electron chi connectivity index (χ4n) is 2.09. The van der Waals surface area contributed by atoms with Crippen molar-refractivity contribution in [1.29, 1.82) is 0 Å². The molecule has 0 saturated carbocycles. The number of aromatic nitrogens is 2. The summed E-state index contributed by atoms with van der Waals surface area (Å²) < 4.78 is 0. The minimum atomic E-state index is 0.195. The SMILES string of the molecule is CC(=O)CCSc1ncnc2scc(-c3ccc(Cl)cc3)c12. The van der Waals surface area contributed by atoms with E-state index in [0.29, 0.717) is 6.42 Å². The lowest BCUT2D eigenvalue weighted by molar-refractivity contribution is -0.116. The summed E-state index contributed by atoms with van der Waals surface area (Å²) >= 11 is 9.17. The third-order valence-corrected chi connectivity index (χ3v) is 5.31. The molecule has 0 saturated heterocycles. The first-order valence-electron chi connectivity index (χ1n) is 6.75. The van der Waals surface area contributed by atoms with Crippen molar-refractivity contribution in [3.05, 3.63) is 41.0 Å². The van der Waals surface area contributed by atoms with Crippen molar-refractivity contribution in [3.8, 4) is 11.1 Å². The number of nitrogens with zero attached hydrogens (tertiary/aromatic N) is 2. The van der Waals surface area contributed by atoms with Crippen LogP contribution in [0.15, 0.2) is 41.0 Å². The highest BCUT2D eigenvalue weighted by atomic mass is 35.5. The Morgan fingerprint density at radius 1 is 1.27 bits per heavy atom. The number of carbonyl (C=O) groups is 1. The van der Waals surface area contributed by atoms with Gasteiger partial charge in [-0.1, -0.05) is 23.7 Å². The highest BCUT2D eigenvalue weighted by Crippen LogP contribution is 2.38. The maximum Gasteiger partial charge on any atom is 0.130 e. The molecule has 6 heteroatoms. The third-order valence-electron chi connectivity index (χ3n) is 3.18. The van der Waals surface area contributed by atoms with E-state index < -0.39 is 0 Å². The van der Waals surface area contributed by atoms with Crippen molar-refractivity contribution < 1.29 is 4.79 Å². The van der Waals surface area contributed by atoms with Gasteiger partial charge in [-0.25, -0.2) is 9.97 Å². The van der Waals surface area contributed by atoms with Gasteiger partial charge in [0, 0.05) is 28.1 Å². The number of hydrogen-bond donors (Lipinski definition) is 0. The summed E-state index contributed by atoms with van der Waals surface area (Å²) in [6.07, 6.45) is 2.14. The molecule has 0 amide bonds. The van der Waals surface area contributed by atoms with E-state index in [1.807, 2.05) is 24.3 Å². The van der Waals surface area contributed by atoms with Gasteiger partial charge in [-0.05, 0) is 24.6 Å². The molecule has 2 aromatic heterocycles. The van der Waals surface area contributed by atoms with Gasteiger partial charge in [0.2, 0.25) is 0 Å². The largest absolute Gasteiger partial charge is 0.300 e. The van der Waals surface area contributed by atoms with E-state index in [2.05, 4.69) is 15.3 Å². The monoisotopic (exact) mass is 348 g/mol. The van der Waals surface area contributed by atoms with Crippen LogP contribution in [0.5, 0.6) is 0 Å². The lowest BCUT2D eigenvalue weighted by Gasteiger charge is -2.05. The van der Waals surface area contributed by atoms with E-state index in [1.54, 1.807) is 36.3 Å². The molecule has 0 radical (unpaired) electrons. The molecule has 0 spiro atoms. The van der Waals surface area contributed by atoms with Gasteiger partial charge in [0.1, 0.15) is 22.0 Å². The average Bonchev–Trinajstić information content (AvgIpc) is 2.93. The van der Waals surface area contributed by atoms with Gasteiger partial charge in [-0.2, -0.15) is 0 Å². The summed E-state index contributed by atoms with van der Waals surface area (Å²) in [5.41, 5.74) is 2.21. The Labute approximate surface area is 141 Å². The van der Waals surface area contributed by atoms with Crippen molar-refractivity contribution in [2.24, 2.45) is 0 Å². The molecule has 0 fully saturated rings. The number of rotatable bonds is 5. The van der Waals surface area contributed by atoms with Gasteiger partial charge in [0.15, 0.2) is 0 Å².